The van der Waals surface area contributed by atoms with E-state index in [0.717, 1.165) is 5.56 Å². The third kappa shape index (κ3) is 0.893. The molecule has 1 atom stereocenters. The molecule has 0 aliphatic heterocycles. The lowest BCUT2D eigenvalue weighted by Crippen LogP contribution is -2.18. The summed E-state index contributed by atoms with van der Waals surface area (Å²) in [6, 6.07) is 7.12. The van der Waals surface area contributed by atoms with Crippen LogP contribution >= 0.6 is 0 Å². The molecule has 0 aromatic heterocycles. The van der Waals surface area contributed by atoms with Gasteiger partial charge in [0.2, 0.25) is 0 Å². The van der Waals surface area contributed by atoms with E-state index in [-0.39, 0.29) is 5.78 Å². The van der Waals surface area contributed by atoms with Crippen LogP contribution in [0.4, 0.5) is 0 Å². The number of Topliss-reactive ketones (excluding diaryl/α,β-unsaturated/α-hetero) is 1. The highest BCUT2D eigenvalue weighted by atomic mass is 16.1. The van der Waals surface area contributed by atoms with Crippen LogP contribution in [0.25, 0.3) is 0 Å². The largest absolute Gasteiger partial charge is 0.294 e. The van der Waals surface area contributed by atoms with E-state index in [4.69, 9.17) is 4.11 Å². The Kier molecular flexibility index (Phi) is 0.877. The number of benzene rings is 1. The summed E-state index contributed by atoms with van der Waals surface area (Å²) in [5, 5.41) is 0. The Morgan fingerprint density at radius 3 is 2.92 bits per heavy atom. The molecule has 0 heterocycles. The van der Waals surface area contributed by atoms with E-state index in [1.165, 1.54) is 6.92 Å². The van der Waals surface area contributed by atoms with Crippen molar-refractivity contribution >= 4 is 5.78 Å². The predicted octanol–water partition coefficient (Wildman–Crippen LogP) is 2.45. The highest BCUT2D eigenvalue weighted by Crippen LogP contribution is 2.35. The summed E-state index contributed by atoms with van der Waals surface area (Å²) in [6.07, 6.45) is 0.318. The topological polar surface area (TPSA) is 17.1 Å². The fraction of sp³-hybridized carbons (Fsp3) is 0.364. The number of fused-ring (bicyclic) bond motifs is 1. The van der Waals surface area contributed by atoms with Crippen molar-refractivity contribution < 1.29 is 8.91 Å². The van der Waals surface area contributed by atoms with Gasteiger partial charge in [0.15, 0.2) is 5.78 Å². The maximum Gasteiger partial charge on any atom is 0.169 e. The molecule has 0 N–H and O–H groups in total. The molecule has 0 bridgehead atoms. The van der Waals surface area contributed by atoms with Crippen LogP contribution in [0, 0.1) is 5.41 Å². The normalized spacial score (nSPS) is 32.1. The summed E-state index contributed by atoms with van der Waals surface area (Å²) >= 11 is 0. The molecule has 0 fully saturated rings. The average molecular weight is 163 g/mol. The van der Waals surface area contributed by atoms with E-state index < -0.39 is 12.3 Å². The van der Waals surface area contributed by atoms with Gasteiger partial charge in [-0.3, -0.25) is 4.79 Å². The highest BCUT2D eigenvalue weighted by Gasteiger charge is 2.36. The highest BCUT2D eigenvalue weighted by molar-refractivity contribution is 6.04. The Bertz CT molecular complexity index is 422. The van der Waals surface area contributed by atoms with Gasteiger partial charge in [-0.15, -0.1) is 0 Å². The van der Waals surface area contributed by atoms with Crippen LogP contribution in [0.2, 0.25) is 0 Å². The molecule has 0 saturated carbocycles. The third-order valence-corrected chi connectivity index (χ3v) is 2.31. The van der Waals surface area contributed by atoms with E-state index in [9.17, 15) is 4.79 Å². The average Bonchev–Trinajstić information content (AvgIpc) is 2.40. The van der Waals surface area contributed by atoms with Crippen LogP contribution in [-0.4, -0.2) is 5.78 Å². The fourth-order valence-electron chi connectivity index (χ4n) is 1.65. The number of carbonyl (C=O) groups is 1. The predicted molar refractivity (Wildman–Crippen MR) is 48.3 cm³/mol. The van der Waals surface area contributed by atoms with Crippen LogP contribution in [0.3, 0.4) is 0 Å². The zero-order valence-corrected chi connectivity index (χ0v) is 6.92. The molecular weight excluding hydrogens is 148 g/mol. The first-order valence-electron chi connectivity index (χ1n) is 5.49. The van der Waals surface area contributed by atoms with Crippen molar-refractivity contribution in [2.45, 2.75) is 20.2 Å². The molecule has 1 aromatic carbocycles. The van der Waals surface area contributed by atoms with Gasteiger partial charge in [0.25, 0.3) is 0 Å². The van der Waals surface area contributed by atoms with Crippen molar-refractivity contribution in [3.63, 3.8) is 0 Å². The second kappa shape index (κ2) is 2.19. The van der Waals surface area contributed by atoms with E-state index >= 15 is 0 Å². The second-order valence-corrected chi connectivity index (χ2v) is 3.50. The minimum Gasteiger partial charge on any atom is -0.294 e. The first-order valence-corrected chi connectivity index (χ1v) is 3.99. The molecule has 12 heavy (non-hydrogen) atoms. The second-order valence-electron chi connectivity index (χ2n) is 3.50. The van der Waals surface area contributed by atoms with Gasteiger partial charge in [0, 0.05) is 15.1 Å². The quantitative estimate of drug-likeness (QED) is 0.574. The number of rotatable bonds is 0. The summed E-state index contributed by atoms with van der Waals surface area (Å²) < 4.78 is 22.3. The molecule has 0 saturated heterocycles. The SMILES string of the molecule is [2H]C([2H])([2H])C1(C)Cc2ccccc2C1=O. The molecular formula is C11H12O. The molecule has 2 rings (SSSR count). The third-order valence-electron chi connectivity index (χ3n) is 2.31. The minimum absolute atomic E-state index is 0.252. The molecule has 1 heteroatoms. The van der Waals surface area contributed by atoms with Crippen molar-refractivity contribution in [3.05, 3.63) is 35.4 Å². The molecule has 1 aliphatic carbocycles. The van der Waals surface area contributed by atoms with Crippen LogP contribution in [0.1, 0.15) is 33.8 Å². The number of ketones is 1. The Balaban J connectivity index is 2.52. The van der Waals surface area contributed by atoms with Crippen LogP contribution in [-0.2, 0) is 6.42 Å². The van der Waals surface area contributed by atoms with Gasteiger partial charge < -0.3 is 0 Å². The fourth-order valence-corrected chi connectivity index (χ4v) is 1.65. The molecule has 1 aromatic rings. The van der Waals surface area contributed by atoms with E-state index in [0.29, 0.717) is 12.0 Å². The van der Waals surface area contributed by atoms with Gasteiger partial charge in [0.05, 0.1) is 0 Å². The van der Waals surface area contributed by atoms with Gasteiger partial charge in [0.1, 0.15) is 0 Å². The smallest absolute Gasteiger partial charge is 0.169 e. The van der Waals surface area contributed by atoms with Crippen LogP contribution < -0.4 is 0 Å². The van der Waals surface area contributed by atoms with Gasteiger partial charge in [-0.25, -0.2) is 0 Å². The molecule has 0 radical (unpaired) electrons. The summed E-state index contributed by atoms with van der Waals surface area (Å²) in [4.78, 5) is 12.0. The van der Waals surface area contributed by atoms with Crippen LogP contribution in [0.5, 0.6) is 0 Å². The number of hydrogen-bond acceptors (Lipinski definition) is 1. The lowest BCUT2D eigenvalue weighted by atomic mass is 9.89. The Hall–Kier alpha value is -1.11. The van der Waals surface area contributed by atoms with Crippen molar-refractivity contribution in [2.24, 2.45) is 5.41 Å². The molecule has 62 valence electrons. The standard InChI is InChI=1S/C11H12O/c1-11(2)7-8-5-3-4-6-9(8)10(11)12/h3-6H,7H2,1-2H3/i1D3. The monoisotopic (exact) mass is 163 g/mol. The molecule has 0 spiro atoms. The van der Waals surface area contributed by atoms with Gasteiger partial charge in [-0.2, -0.15) is 0 Å². The summed E-state index contributed by atoms with van der Waals surface area (Å²) in [5.74, 6) is -0.252. The Morgan fingerprint density at radius 2 is 2.25 bits per heavy atom. The molecule has 0 amide bonds. The first kappa shape index (κ1) is 4.80. The summed E-state index contributed by atoms with van der Waals surface area (Å²) in [5.41, 5.74) is 0.175. The summed E-state index contributed by atoms with van der Waals surface area (Å²) in [7, 11) is 0. The van der Waals surface area contributed by atoms with E-state index in [1.807, 2.05) is 12.1 Å². The lowest BCUT2D eigenvalue weighted by molar-refractivity contribution is 0.0863. The van der Waals surface area contributed by atoms with Gasteiger partial charge in [-0.1, -0.05) is 38.0 Å². The van der Waals surface area contributed by atoms with Crippen molar-refractivity contribution in [3.8, 4) is 0 Å². The maximum absolute atomic E-state index is 12.0. The van der Waals surface area contributed by atoms with Crippen molar-refractivity contribution in [2.75, 3.05) is 0 Å². The Labute approximate surface area is 76.6 Å². The van der Waals surface area contributed by atoms with E-state index in [2.05, 4.69) is 0 Å². The lowest BCUT2D eigenvalue weighted by Gasteiger charge is -2.12. The molecule has 1 nitrogen and oxygen atoms in total. The summed E-state index contributed by atoms with van der Waals surface area (Å²) in [6.45, 7) is -0.703. The van der Waals surface area contributed by atoms with Gasteiger partial charge in [-0.05, 0) is 12.0 Å². The zero-order chi connectivity index (χ0) is 11.3. The molecule has 1 aliphatic rings. The first-order chi connectivity index (χ1) is 6.86. The van der Waals surface area contributed by atoms with Crippen LogP contribution in [0.15, 0.2) is 24.3 Å². The number of hydrogen-bond donors (Lipinski definition) is 0. The van der Waals surface area contributed by atoms with Crippen molar-refractivity contribution in [1.29, 1.82) is 0 Å². The van der Waals surface area contributed by atoms with Gasteiger partial charge >= 0.3 is 0 Å². The number of carbonyl (C=O) groups excluding carboxylic acids is 1. The van der Waals surface area contributed by atoms with Crippen molar-refractivity contribution in [1.82, 2.24) is 0 Å². The molecule has 1 unspecified atom stereocenters. The zero-order valence-electron chi connectivity index (χ0n) is 9.92. The Morgan fingerprint density at radius 1 is 1.50 bits per heavy atom. The maximum atomic E-state index is 12.0. The van der Waals surface area contributed by atoms with E-state index in [1.54, 1.807) is 12.1 Å². The minimum atomic E-state index is -2.23.